The number of likely N-dealkylation sites (tertiary alicyclic amines) is 1. The van der Waals surface area contributed by atoms with E-state index in [9.17, 15) is 4.79 Å². The summed E-state index contributed by atoms with van der Waals surface area (Å²) in [5, 5.41) is 3.12. The third kappa shape index (κ3) is 6.31. The van der Waals surface area contributed by atoms with Gasteiger partial charge in [0.25, 0.3) is 0 Å². The van der Waals surface area contributed by atoms with Crippen molar-refractivity contribution in [2.75, 3.05) is 19.6 Å². The maximum Gasteiger partial charge on any atom is 0.220 e. The van der Waals surface area contributed by atoms with Gasteiger partial charge in [-0.15, -0.1) is 0 Å². The number of rotatable bonds is 7. The Bertz CT molecular complexity index is 275. The largest absolute Gasteiger partial charge is 0.392 e. The van der Waals surface area contributed by atoms with E-state index in [-0.39, 0.29) is 5.91 Å². The van der Waals surface area contributed by atoms with E-state index in [1.54, 1.807) is 0 Å². The summed E-state index contributed by atoms with van der Waals surface area (Å²) in [4.78, 5) is 14.5. The van der Waals surface area contributed by atoms with Gasteiger partial charge in [0.2, 0.25) is 5.91 Å². The number of carbonyl (C=O) groups is 1. The minimum Gasteiger partial charge on any atom is -0.392 e. The molecule has 0 aromatic rings. The number of amides is 1. The monoisotopic (exact) mass is 271 g/mol. The van der Waals surface area contributed by atoms with Gasteiger partial charge in [0.1, 0.15) is 0 Å². The molecule has 0 saturated carbocycles. The maximum absolute atomic E-state index is 11.7. The molecule has 1 amide bonds. The predicted molar refractivity (Wildman–Crippen MR) is 78.5 cm³/mol. The third-order valence-electron chi connectivity index (χ3n) is 3.34. The van der Waals surface area contributed by atoms with Gasteiger partial charge in [-0.3, -0.25) is 9.69 Å². The molecule has 3 N–H and O–H groups in total. The van der Waals surface area contributed by atoms with E-state index in [1.165, 1.54) is 0 Å². The van der Waals surface area contributed by atoms with E-state index in [0.29, 0.717) is 24.0 Å². The van der Waals surface area contributed by atoms with Crippen molar-refractivity contribution in [1.29, 1.82) is 0 Å². The fourth-order valence-electron chi connectivity index (χ4n) is 2.29. The Kier molecular flexibility index (Phi) is 7.20. The lowest BCUT2D eigenvalue weighted by Crippen LogP contribution is -2.46. The second-order valence-electron chi connectivity index (χ2n) is 5.04. The summed E-state index contributed by atoms with van der Waals surface area (Å²) < 4.78 is 0. The Morgan fingerprint density at radius 3 is 2.61 bits per heavy atom. The van der Waals surface area contributed by atoms with Gasteiger partial charge in [-0.05, 0) is 19.3 Å². The number of nitrogens with two attached hydrogens (primary N) is 1. The van der Waals surface area contributed by atoms with E-state index in [4.69, 9.17) is 18.0 Å². The maximum atomic E-state index is 11.7. The highest BCUT2D eigenvalue weighted by Crippen LogP contribution is 2.10. The van der Waals surface area contributed by atoms with Crippen LogP contribution in [0.25, 0.3) is 0 Å². The highest BCUT2D eigenvalue weighted by molar-refractivity contribution is 7.80. The van der Waals surface area contributed by atoms with Crippen molar-refractivity contribution in [2.45, 2.75) is 51.5 Å². The number of carbonyl (C=O) groups excluding carboxylic acids is 1. The van der Waals surface area contributed by atoms with Crippen LogP contribution in [0.1, 0.15) is 45.4 Å². The molecule has 4 nitrogen and oxygen atoms in total. The van der Waals surface area contributed by atoms with Crippen LogP contribution in [0.5, 0.6) is 0 Å². The molecule has 18 heavy (non-hydrogen) atoms. The molecule has 1 rings (SSSR count). The highest BCUT2D eigenvalue weighted by atomic mass is 32.1. The van der Waals surface area contributed by atoms with E-state index >= 15 is 0 Å². The van der Waals surface area contributed by atoms with Crippen LogP contribution in [0.3, 0.4) is 0 Å². The normalized spacial score (nSPS) is 17.6. The summed E-state index contributed by atoms with van der Waals surface area (Å²) in [7, 11) is 0. The van der Waals surface area contributed by atoms with Crippen LogP contribution >= 0.6 is 12.2 Å². The molecule has 0 atom stereocenters. The molecule has 5 heteroatoms. The molecule has 0 aliphatic carbocycles. The smallest absolute Gasteiger partial charge is 0.220 e. The summed E-state index contributed by atoms with van der Waals surface area (Å²) in [6.45, 7) is 4.79. The van der Waals surface area contributed by atoms with Gasteiger partial charge in [0, 0.05) is 32.1 Å². The van der Waals surface area contributed by atoms with Crippen LogP contribution in [0.4, 0.5) is 0 Å². The molecule has 1 saturated heterocycles. The lowest BCUT2D eigenvalue weighted by Gasteiger charge is -2.31. The average Bonchev–Trinajstić information content (AvgIpc) is 2.31. The first-order chi connectivity index (χ1) is 8.61. The fourth-order valence-corrected chi connectivity index (χ4v) is 2.47. The van der Waals surface area contributed by atoms with Gasteiger partial charge < -0.3 is 11.1 Å². The van der Waals surface area contributed by atoms with E-state index in [2.05, 4.69) is 17.1 Å². The first-order valence-electron chi connectivity index (χ1n) is 6.91. The van der Waals surface area contributed by atoms with E-state index in [0.717, 1.165) is 45.2 Å². The molecule has 1 aliphatic heterocycles. The Labute approximate surface area is 115 Å². The van der Waals surface area contributed by atoms with Crippen molar-refractivity contribution in [1.82, 2.24) is 10.2 Å². The Hall–Kier alpha value is -0.680. The first kappa shape index (κ1) is 15.4. The first-order valence-corrected chi connectivity index (χ1v) is 7.32. The van der Waals surface area contributed by atoms with E-state index in [1.807, 2.05) is 0 Å². The standard InChI is InChI=1S/C13H25N3OS/c1-2-3-4-5-13(17)15-11-6-8-16(9-7-11)10-12(14)18/h11H,2-10H2,1H3,(H2,14,18)(H,15,17). The number of piperidine rings is 1. The summed E-state index contributed by atoms with van der Waals surface area (Å²) >= 11 is 4.90. The summed E-state index contributed by atoms with van der Waals surface area (Å²) in [6.07, 6.45) is 5.97. The van der Waals surface area contributed by atoms with Crippen LogP contribution in [0.15, 0.2) is 0 Å². The molecular weight excluding hydrogens is 246 g/mol. The topological polar surface area (TPSA) is 58.4 Å². The highest BCUT2D eigenvalue weighted by Gasteiger charge is 2.20. The van der Waals surface area contributed by atoms with Gasteiger partial charge in [-0.1, -0.05) is 32.0 Å². The van der Waals surface area contributed by atoms with Crippen molar-refractivity contribution < 1.29 is 4.79 Å². The molecule has 104 valence electrons. The summed E-state index contributed by atoms with van der Waals surface area (Å²) in [5.74, 6) is 0.205. The number of hydrogen-bond acceptors (Lipinski definition) is 3. The van der Waals surface area contributed by atoms with Crippen molar-refractivity contribution in [3.63, 3.8) is 0 Å². The van der Waals surface area contributed by atoms with Gasteiger partial charge >= 0.3 is 0 Å². The summed E-state index contributed by atoms with van der Waals surface area (Å²) in [5.41, 5.74) is 5.53. The minimum absolute atomic E-state index is 0.205. The average molecular weight is 271 g/mol. The zero-order chi connectivity index (χ0) is 13.4. The molecule has 1 aliphatic rings. The van der Waals surface area contributed by atoms with Crippen molar-refractivity contribution in [3.05, 3.63) is 0 Å². The number of nitrogens with one attached hydrogen (secondary N) is 1. The SMILES string of the molecule is CCCCCC(=O)NC1CCN(CC(N)=S)CC1. The van der Waals surface area contributed by atoms with Crippen LogP contribution < -0.4 is 11.1 Å². The van der Waals surface area contributed by atoms with Crippen molar-refractivity contribution >= 4 is 23.1 Å². The molecule has 0 aromatic carbocycles. The Morgan fingerprint density at radius 2 is 2.06 bits per heavy atom. The lowest BCUT2D eigenvalue weighted by molar-refractivity contribution is -0.122. The minimum atomic E-state index is 0.205. The van der Waals surface area contributed by atoms with Crippen molar-refractivity contribution in [2.24, 2.45) is 5.73 Å². The van der Waals surface area contributed by atoms with Crippen molar-refractivity contribution in [3.8, 4) is 0 Å². The third-order valence-corrected chi connectivity index (χ3v) is 3.47. The summed E-state index contributed by atoms with van der Waals surface area (Å²) in [6, 6.07) is 0.335. The number of hydrogen-bond donors (Lipinski definition) is 2. The quantitative estimate of drug-likeness (QED) is 0.543. The number of unbranched alkanes of at least 4 members (excludes halogenated alkanes) is 2. The zero-order valence-electron chi connectivity index (χ0n) is 11.3. The van der Waals surface area contributed by atoms with E-state index < -0.39 is 0 Å². The second kappa shape index (κ2) is 8.43. The predicted octanol–water partition coefficient (Wildman–Crippen LogP) is 1.43. The van der Waals surface area contributed by atoms with Gasteiger partial charge in [0.05, 0.1) is 4.99 Å². The van der Waals surface area contributed by atoms with Gasteiger partial charge in [0.15, 0.2) is 0 Å². The molecule has 0 radical (unpaired) electrons. The molecule has 0 unspecified atom stereocenters. The van der Waals surface area contributed by atoms with Crippen LogP contribution in [0.2, 0.25) is 0 Å². The van der Waals surface area contributed by atoms with Crippen LogP contribution in [-0.2, 0) is 4.79 Å². The zero-order valence-corrected chi connectivity index (χ0v) is 12.1. The molecule has 0 bridgehead atoms. The second-order valence-corrected chi connectivity index (χ2v) is 5.57. The number of thiocarbonyl (C=S) groups is 1. The molecule has 0 spiro atoms. The number of nitrogens with zero attached hydrogens (tertiary/aromatic N) is 1. The van der Waals surface area contributed by atoms with Crippen LogP contribution in [-0.4, -0.2) is 41.5 Å². The molecule has 0 aromatic heterocycles. The van der Waals surface area contributed by atoms with Crippen LogP contribution in [0, 0.1) is 0 Å². The molecule has 1 heterocycles. The Morgan fingerprint density at radius 1 is 1.39 bits per heavy atom. The van der Waals surface area contributed by atoms with Gasteiger partial charge in [-0.2, -0.15) is 0 Å². The lowest BCUT2D eigenvalue weighted by atomic mass is 10.0. The fraction of sp³-hybridized carbons (Fsp3) is 0.846. The molecular formula is C13H25N3OS. The van der Waals surface area contributed by atoms with Gasteiger partial charge in [-0.25, -0.2) is 0 Å². The Balaban J connectivity index is 2.14. The molecule has 1 fully saturated rings.